The predicted octanol–water partition coefficient (Wildman–Crippen LogP) is 4.97. The maximum absolute atomic E-state index is 13.4. The van der Waals surface area contributed by atoms with Crippen LogP contribution in [0.4, 0.5) is 24.9 Å². The number of carbonyl (C=O) groups is 1. The number of hydrogen-bond acceptors (Lipinski definition) is 8. The van der Waals surface area contributed by atoms with Gasteiger partial charge in [0, 0.05) is 19.1 Å². The Morgan fingerprint density at radius 3 is 2.52 bits per heavy atom. The van der Waals surface area contributed by atoms with E-state index in [-0.39, 0.29) is 23.6 Å². The summed E-state index contributed by atoms with van der Waals surface area (Å²) in [5, 5.41) is 18.8. The molecule has 1 saturated heterocycles. The largest absolute Gasteiger partial charge is 0.466 e. The number of anilines is 2. The second-order valence-electron chi connectivity index (χ2n) is 11.7. The number of nitrogens with one attached hydrogen (secondary N) is 1. The van der Waals surface area contributed by atoms with E-state index in [0.29, 0.717) is 55.3 Å². The van der Waals surface area contributed by atoms with Crippen LogP contribution in [0.3, 0.4) is 0 Å². The second kappa shape index (κ2) is 10.2. The topological polar surface area (TPSA) is 105 Å². The summed E-state index contributed by atoms with van der Waals surface area (Å²) in [4.78, 5) is 24.0. The first kappa shape index (κ1) is 28.1. The summed E-state index contributed by atoms with van der Waals surface area (Å²) in [5.41, 5.74) is -1.53. The van der Waals surface area contributed by atoms with Gasteiger partial charge in [0.15, 0.2) is 5.65 Å². The zero-order chi connectivity index (χ0) is 28.9. The average molecular weight is 561 g/mol. The smallest absolute Gasteiger partial charge is 0.416 e. The number of hydrogen-bond donors (Lipinski definition) is 2. The molecule has 1 aromatic carbocycles. The summed E-state index contributed by atoms with van der Waals surface area (Å²) in [6, 6.07) is 4.91. The number of esters is 1. The van der Waals surface area contributed by atoms with Gasteiger partial charge in [-0.3, -0.25) is 4.79 Å². The maximum atomic E-state index is 13.4. The van der Waals surface area contributed by atoms with E-state index >= 15 is 0 Å². The van der Waals surface area contributed by atoms with E-state index in [1.54, 1.807) is 19.2 Å². The predicted molar refractivity (Wildman–Crippen MR) is 144 cm³/mol. The maximum Gasteiger partial charge on any atom is 0.416 e. The Morgan fingerprint density at radius 2 is 1.90 bits per heavy atom. The Balaban J connectivity index is 1.49. The first-order valence-electron chi connectivity index (χ1n) is 13.6. The molecule has 40 heavy (non-hydrogen) atoms. The number of alkyl halides is 3. The molecule has 3 heterocycles. The number of halogens is 3. The molecule has 0 radical (unpaired) electrons. The number of aromatic nitrogens is 4. The van der Waals surface area contributed by atoms with E-state index in [1.807, 2.05) is 20.8 Å². The van der Waals surface area contributed by atoms with Gasteiger partial charge < -0.3 is 20.1 Å². The van der Waals surface area contributed by atoms with Crippen molar-refractivity contribution in [1.82, 2.24) is 19.7 Å². The molecule has 0 amide bonds. The summed E-state index contributed by atoms with van der Waals surface area (Å²) in [6.07, 6.45) is -0.288. The van der Waals surface area contributed by atoms with Crippen molar-refractivity contribution in [2.75, 3.05) is 29.9 Å². The summed E-state index contributed by atoms with van der Waals surface area (Å²) < 4.78 is 46.9. The van der Waals surface area contributed by atoms with Crippen molar-refractivity contribution in [2.45, 2.75) is 71.2 Å². The van der Waals surface area contributed by atoms with Crippen LogP contribution in [0, 0.1) is 11.3 Å². The zero-order valence-corrected chi connectivity index (χ0v) is 23.1. The van der Waals surface area contributed by atoms with E-state index < -0.39 is 22.8 Å². The molecule has 1 aliphatic carbocycles. The van der Waals surface area contributed by atoms with Crippen molar-refractivity contribution < 1.29 is 27.8 Å². The molecule has 0 atom stereocenters. The lowest BCUT2D eigenvalue weighted by atomic mass is 9.67. The zero-order valence-electron chi connectivity index (χ0n) is 23.1. The first-order chi connectivity index (χ1) is 18.8. The Labute approximate surface area is 230 Å². The molecule has 12 heteroatoms. The van der Waals surface area contributed by atoms with Gasteiger partial charge in [-0.25, -0.2) is 4.68 Å². The summed E-state index contributed by atoms with van der Waals surface area (Å²) in [7, 11) is 0. The van der Waals surface area contributed by atoms with Gasteiger partial charge in [-0.05, 0) is 77.5 Å². The van der Waals surface area contributed by atoms with Crippen LogP contribution in [-0.4, -0.2) is 62.2 Å². The Hall–Kier alpha value is -3.41. The molecule has 2 N–H and O–H groups in total. The van der Waals surface area contributed by atoms with Gasteiger partial charge in [0.2, 0.25) is 5.95 Å². The monoisotopic (exact) mass is 560 g/mol. The number of rotatable bonds is 7. The lowest BCUT2D eigenvalue weighted by molar-refractivity contribution is -0.160. The van der Waals surface area contributed by atoms with Crippen LogP contribution in [0.5, 0.6) is 0 Å². The van der Waals surface area contributed by atoms with Crippen LogP contribution in [-0.2, 0) is 15.7 Å². The number of piperidine rings is 1. The van der Waals surface area contributed by atoms with Crippen LogP contribution in [0.1, 0.15) is 58.9 Å². The van der Waals surface area contributed by atoms with E-state index in [0.717, 1.165) is 25.0 Å². The number of benzene rings is 1. The molecule has 2 aliphatic rings. The highest BCUT2D eigenvalue weighted by atomic mass is 19.4. The third-order valence-electron chi connectivity index (χ3n) is 8.12. The third-order valence-corrected chi connectivity index (χ3v) is 8.12. The van der Waals surface area contributed by atoms with E-state index in [2.05, 4.69) is 20.3 Å². The van der Waals surface area contributed by atoms with E-state index in [4.69, 9.17) is 9.72 Å². The highest BCUT2D eigenvalue weighted by Crippen LogP contribution is 2.43. The lowest BCUT2D eigenvalue weighted by Crippen LogP contribution is -2.49. The summed E-state index contributed by atoms with van der Waals surface area (Å²) in [6.45, 7) is 8.91. The molecule has 9 nitrogen and oxygen atoms in total. The molecule has 5 rings (SSSR count). The van der Waals surface area contributed by atoms with E-state index in [1.165, 1.54) is 10.7 Å². The second-order valence-corrected chi connectivity index (χ2v) is 11.7. The normalized spacial score (nSPS) is 22.3. The molecule has 0 bridgehead atoms. The molecular weight excluding hydrogens is 525 g/mol. The quantitative estimate of drug-likeness (QED) is 0.391. The number of fused-ring (bicyclic) bond motifs is 1. The highest BCUT2D eigenvalue weighted by Gasteiger charge is 2.47. The van der Waals surface area contributed by atoms with Gasteiger partial charge in [-0.2, -0.15) is 28.2 Å². The Morgan fingerprint density at radius 1 is 1.20 bits per heavy atom. The van der Waals surface area contributed by atoms with Crippen molar-refractivity contribution >= 4 is 28.8 Å². The molecule has 216 valence electrons. The fraction of sp³-hybridized carbons (Fsp3) is 0.571. The molecule has 1 aliphatic heterocycles. The van der Waals surface area contributed by atoms with Gasteiger partial charge in [0.1, 0.15) is 5.82 Å². The van der Waals surface area contributed by atoms with Crippen LogP contribution < -0.4 is 10.2 Å². The fourth-order valence-corrected chi connectivity index (χ4v) is 5.78. The third kappa shape index (κ3) is 5.45. The summed E-state index contributed by atoms with van der Waals surface area (Å²) >= 11 is 0. The van der Waals surface area contributed by atoms with Gasteiger partial charge in [-0.1, -0.05) is 6.07 Å². The van der Waals surface area contributed by atoms with Gasteiger partial charge in [0.05, 0.1) is 40.5 Å². The van der Waals surface area contributed by atoms with Gasteiger partial charge in [-0.15, -0.1) is 0 Å². The lowest BCUT2D eigenvalue weighted by Gasteiger charge is -2.43. The standard InChI is InChI=1S/C28H35F3N6O3/c1-5-40-24(38)27(4)14-19(15-27)33-25-34-22(36-11-9-17(10-12-36)26(2,3)39)21-16-32-37(23(21)35-25)20-8-6-7-18(13-20)28(29,30)31/h6-8,13,16-17,19,39H,5,9-12,14-15H2,1-4H3,(H,33,34,35). The van der Waals surface area contributed by atoms with Crippen LogP contribution in [0.2, 0.25) is 0 Å². The highest BCUT2D eigenvalue weighted by molar-refractivity contribution is 5.89. The first-order valence-corrected chi connectivity index (χ1v) is 13.6. The van der Waals surface area contributed by atoms with Crippen molar-refractivity contribution in [3.63, 3.8) is 0 Å². The summed E-state index contributed by atoms with van der Waals surface area (Å²) in [5.74, 6) is 0.855. The van der Waals surface area contributed by atoms with Crippen LogP contribution in [0.15, 0.2) is 30.5 Å². The number of ether oxygens (including phenoxy) is 1. The molecule has 0 spiro atoms. The Bertz CT molecular complexity index is 1390. The minimum atomic E-state index is -4.49. The van der Waals surface area contributed by atoms with Crippen LogP contribution >= 0.6 is 0 Å². The molecule has 2 aromatic heterocycles. The molecule has 3 aromatic rings. The molecule has 2 fully saturated rings. The van der Waals surface area contributed by atoms with Gasteiger partial charge >= 0.3 is 12.1 Å². The average Bonchev–Trinajstić information content (AvgIpc) is 3.30. The van der Waals surface area contributed by atoms with Gasteiger partial charge in [0.25, 0.3) is 0 Å². The minimum Gasteiger partial charge on any atom is -0.466 e. The van der Waals surface area contributed by atoms with Crippen molar-refractivity contribution in [3.8, 4) is 5.69 Å². The van der Waals surface area contributed by atoms with Crippen molar-refractivity contribution in [1.29, 1.82) is 0 Å². The Kier molecular flexibility index (Phi) is 7.18. The number of aliphatic hydroxyl groups is 1. The van der Waals surface area contributed by atoms with E-state index in [9.17, 15) is 23.1 Å². The molecule has 1 saturated carbocycles. The van der Waals surface area contributed by atoms with Crippen LogP contribution in [0.25, 0.3) is 16.7 Å². The molecule has 0 unspecified atom stereocenters. The minimum absolute atomic E-state index is 0.0643. The SMILES string of the molecule is CCOC(=O)C1(C)CC(Nc2nc(N3CCC(C(C)(C)O)CC3)c3cnn(-c4cccc(C(F)(F)F)c4)c3n2)C1. The van der Waals surface area contributed by atoms with Crippen molar-refractivity contribution in [3.05, 3.63) is 36.0 Å². The number of nitrogens with zero attached hydrogens (tertiary/aromatic N) is 5. The molecular formula is C28H35F3N6O3. The number of carbonyl (C=O) groups excluding carboxylic acids is 1. The van der Waals surface area contributed by atoms with Crippen molar-refractivity contribution in [2.24, 2.45) is 11.3 Å². The fourth-order valence-electron chi connectivity index (χ4n) is 5.78.